The molecule has 0 aliphatic carbocycles. The van der Waals surface area contributed by atoms with Crippen molar-refractivity contribution in [3.8, 4) is 11.1 Å². The number of anilines is 1. The Morgan fingerprint density at radius 3 is 2.04 bits per heavy atom. The van der Waals surface area contributed by atoms with E-state index in [0.29, 0.717) is 6.54 Å². The average molecular weight is 358 g/mol. The molecule has 0 spiro atoms. The number of carbonyl (C=O) groups is 1. The van der Waals surface area contributed by atoms with Gasteiger partial charge in [-0.3, -0.25) is 9.69 Å². The number of nitrogens with zero attached hydrogens (tertiary/aromatic N) is 1. The van der Waals surface area contributed by atoms with E-state index in [9.17, 15) is 4.79 Å². The highest BCUT2D eigenvalue weighted by molar-refractivity contribution is 5.93. The summed E-state index contributed by atoms with van der Waals surface area (Å²) in [6.07, 6.45) is 0. The van der Waals surface area contributed by atoms with E-state index in [1.807, 2.05) is 62.2 Å². The average Bonchev–Trinajstić information content (AvgIpc) is 2.66. The third kappa shape index (κ3) is 5.05. The minimum atomic E-state index is 0.0100. The molecule has 0 aliphatic rings. The molecule has 0 atom stereocenters. The molecule has 0 unspecified atom stereocenters. The first-order valence-corrected chi connectivity index (χ1v) is 9.22. The third-order valence-electron chi connectivity index (χ3n) is 4.67. The molecular weight excluding hydrogens is 332 g/mol. The van der Waals surface area contributed by atoms with Gasteiger partial charge in [0.2, 0.25) is 5.91 Å². The van der Waals surface area contributed by atoms with Crippen molar-refractivity contribution in [1.29, 1.82) is 0 Å². The summed E-state index contributed by atoms with van der Waals surface area (Å²) in [6.45, 7) is 5.12. The Balaban J connectivity index is 1.57. The minimum absolute atomic E-state index is 0.0100. The highest BCUT2D eigenvalue weighted by Gasteiger charge is 2.10. The first kappa shape index (κ1) is 18.9. The Bertz CT molecular complexity index is 881. The quantitative estimate of drug-likeness (QED) is 0.669. The molecule has 0 saturated carbocycles. The first-order valence-electron chi connectivity index (χ1n) is 9.22. The number of hydrogen-bond donors (Lipinski definition) is 1. The van der Waals surface area contributed by atoms with Gasteiger partial charge in [-0.2, -0.15) is 0 Å². The van der Waals surface area contributed by atoms with Gasteiger partial charge in [0.05, 0.1) is 6.54 Å². The van der Waals surface area contributed by atoms with Crippen molar-refractivity contribution in [2.75, 3.05) is 18.9 Å². The predicted molar refractivity (Wildman–Crippen MR) is 113 cm³/mol. The Hall–Kier alpha value is -2.91. The molecule has 3 nitrogen and oxygen atoms in total. The predicted octanol–water partition coefficient (Wildman–Crippen LogP) is 5.04. The fourth-order valence-electron chi connectivity index (χ4n) is 3.24. The van der Waals surface area contributed by atoms with E-state index in [4.69, 9.17) is 0 Å². The Morgan fingerprint density at radius 2 is 1.41 bits per heavy atom. The molecule has 0 aromatic heterocycles. The van der Waals surface area contributed by atoms with Gasteiger partial charge in [0.15, 0.2) is 0 Å². The van der Waals surface area contributed by atoms with Crippen LogP contribution >= 0.6 is 0 Å². The Kier molecular flexibility index (Phi) is 6.05. The van der Waals surface area contributed by atoms with Gasteiger partial charge in [-0.05, 0) is 48.7 Å². The normalized spacial score (nSPS) is 10.8. The van der Waals surface area contributed by atoms with Crippen molar-refractivity contribution in [2.45, 2.75) is 20.4 Å². The summed E-state index contributed by atoms with van der Waals surface area (Å²) < 4.78 is 0. The fraction of sp³-hybridized carbons (Fsp3) is 0.208. The van der Waals surface area contributed by atoms with Crippen LogP contribution in [0.4, 0.5) is 5.69 Å². The van der Waals surface area contributed by atoms with E-state index in [-0.39, 0.29) is 5.91 Å². The highest BCUT2D eigenvalue weighted by Crippen LogP contribution is 2.20. The second-order valence-corrected chi connectivity index (χ2v) is 7.05. The van der Waals surface area contributed by atoms with Crippen molar-refractivity contribution in [1.82, 2.24) is 4.90 Å². The van der Waals surface area contributed by atoms with Crippen molar-refractivity contribution >= 4 is 11.6 Å². The number of amides is 1. The number of hydrogen-bond acceptors (Lipinski definition) is 2. The number of aryl methyl sites for hydroxylation is 2. The van der Waals surface area contributed by atoms with E-state index >= 15 is 0 Å². The van der Waals surface area contributed by atoms with Gasteiger partial charge < -0.3 is 5.32 Å². The topological polar surface area (TPSA) is 32.3 Å². The van der Waals surface area contributed by atoms with Crippen molar-refractivity contribution < 1.29 is 4.79 Å². The molecule has 0 fully saturated rings. The zero-order valence-electron chi connectivity index (χ0n) is 16.2. The maximum absolute atomic E-state index is 12.4. The summed E-state index contributed by atoms with van der Waals surface area (Å²) in [6, 6.07) is 24.9. The second kappa shape index (κ2) is 8.65. The lowest BCUT2D eigenvalue weighted by atomic mass is 10.0. The van der Waals surface area contributed by atoms with Gasteiger partial charge in [-0.1, -0.05) is 72.8 Å². The summed E-state index contributed by atoms with van der Waals surface area (Å²) >= 11 is 0. The lowest BCUT2D eigenvalue weighted by Crippen LogP contribution is -2.30. The molecule has 0 radical (unpaired) electrons. The fourth-order valence-corrected chi connectivity index (χ4v) is 3.24. The van der Waals surface area contributed by atoms with Crippen LogP contribution in [0.25, 0.3) is 11.1 Å². The van der Waals surface area contributed by atoms with Crippen LogP contribution < -0.4 is 5.32 Å². The number of nitrogens with one attached hydrogen (secondary N) is 1. The Morgan fingerprint density at radius 1 is 0.815 bits per heavy atom. The van der Waals surface area contributed by atoms with Gasteiger partial charge in [0, 0.05) is 12.2 Å². The molecule has 1 amide bonds. The molecule has 3 aromatic carbocycles. The Labute approximate surface area is 161 Å². The van der Waals surface area contributed by atoms with Gasteiger partial charge in [-0.15, -0.1) is 0 Å². The smallest absolute Gasteiger partial charge is 0.238 e. The molecular formula is C24H26N2O. The van der Waals surface area contributed by atoms with Gasteiger partial charge in [-0.25, -0.2) is 0 Å². The molecule has 3 heteroatoms. The van der Waals surface area contributed by atoms with Gasteiger partial charge in [0.25, 0.3) is 0 Å². The summed E-state index contributed by atoms with van der Waals surface area (Å²) in [4.78, 5) is 14.4. The number of benzene rings is 3. The largest absolute Gasteiger partial charge is 0.324 e. The molecule has 0 saturated heterocycles. The van der Waals surface area contributed by atoms with E-state index in [1.165, 1.54) is 16.7 Å². The highest BCUT2D eigenvalue weighted by atomic mass is 16.2. The molecule has 1 N–H and O–H groups in total. The van der Waals surface area contributed by atoms with E-state index < -0.39 is 0 Å². The standard InChI is InChI=1S/C24H26N2O/c1-18-8-7-9-19(2)24(18)25-23(27)17-26(3)16-20-12-14-22(15-13-20)21-10-5-4-6-11-21/h4-15H,16-17H2,1-3H3,(H,25,27). The second-order valence-electron chi connectivity index (χ2n) is 7.05. The van der Waals surface area contributed by atoms with Crippen LogP contribution in [0.15, 0.2) is 72.8 Å². The maximum Gasteiger partial charge on any atom is 0.238 e. The van der Waals surface area contributed by atoms with Crippen LogP contribution in [-0.4, -0.2) is 24.4 Å². The summed E-state index contributed by atoms with van der Waals surface area (Å²) in [5.41, 5.74) is 6.70. The van der Waals surface area contributed by atoms with E-state index in [2.05, 4.69) is 41.7 Å². The van der Waals surface area contributed by atoms with E-state index in [0.717, 1.165) is 23.4 Å². The maximum atomic E-state index is 12.4. The van der Waals surface area contributed by atoms with Crippen LogP contribution in [0, 0.1) is 13.8 Å². The molecule has 3 rings (SSSR count). The summed E-state index contributed by atoms with van der Waals surface area (Å²) in [5, 5.41) is 3.05. The van der Waals surface area contributed by atoms with Crippen LogP contribution in [-0.2, 0) is 11.3 Å². The third-order valence-corrected chi connectivity index (χ3v) is 4.67. The SMILES string of the molecule is Cc1cccc(C)c1NC(=O)CN(C)Cc1ccc(-c2ccccc2)cc1. The van der Waals surface area contributed by atoms with Crippen molar-refractivity contribution in [3.05, 3.63) is 89.5 Å². The molecule has 0 aliphatic heterocycles. The summed E-state index contributed by atoms with van der Waals surface area (Å²) in [5.74, 6) is 0.0100. The molecule has 27 heavy (non-hydrogen) atoms. The molecule has 3 aromatic rings. The summed E-state index contributed by atoms with van der Waals surface area (Å²) in [7, 11) is 1.97. The zero-order valence-corrected chi connectivity index (χ0v) is 16.2. The van der Waals surface area contributed by atoms with Crippen LogP contribution in [0.5, 0.6) is 0 Å². The zero-order chi connectivity index (χ0) is 19.2. The number of rotatable bonds is 6. The van der Waals surface area contributed by atoms with Gasteiger partial charge >= 0.3 is 0 Å². The first-order chi connectivity index (χ1) is 13.0. The van der Waals surface area contributed by atoms with Crippen molar-refractivity contribution in [3.63, 3.8) is 0 Å². The molecule has 0 bridgehead atoms. The number of likely N-dealkylation sites (N-methyl/N-ethyl adjacent to an activating group) is 1. The minimum Gasteiger partial charge on any atom is -0.324 e. The van der Waals surface area contributed by atoms with Crippen molar-refractivity contribution in [2.24, 2.45) is 0 Å². The van der Waals surface area contributed by atoms with Gasteiger partial charge in [0.1, 0.15) is 0 Å². The molecule has 0 heterocycles. The van der Waals surface area contributed by atoms with Crippen LogP contribution in [0.1, 0.15) is 16.7 Å². The van der Waals surface area contributed by atoms with E-state index in [1.54, 1.807) is 0 Å². The van der Waals surface area contributed by atoms with Crippen LogP contribution in [0.2, 0.25) is 0 Å². The lowest BCUT2D eigenvalue weighted by molar-refractivity contribution is -0.117. The lowest BCUT2D eigenvalue weighted by Gasteiger charge is -2.18. The number of para-hydroxylation sites is 1. The van der Waals surface area contributed by atoms with Crippen LogP contribution in [0.3, 0.4) is 0 Å². The molecule has 138 valence electrons. The monoisotopic (exact) mass is 358 g/mol. The number of carbonyl (C=O) groups excluding carboxylic acids is 1.